The Labute approximate surface area is 142 Å². The minimum Gasteiger partial charge on any atom is -0.383 e. The van der Waals surface area contributed by atoms with Crippen LogP contribution >= 0.6 is 24.0 Å². The van der Waals surface area contributed by atoms with Gasteiger partial charge in [0.15, 0.2) is 5.96 Å². The van der Waals surface area contributed by atoms with E-state index >= 15 is 0 Å². The van der Waals surface area contributed by atoms with E-state index in [1.54, 1.807) is 7.11 Å². The summed E-state index contributed by atoms with van der Waals surface area (Å²) in [7, 11) is 1.69. The van der Waals surface area contributed by atoms with E-state index in [0.29, 0.717) is 13.2 Å². The summed E-state index contributed by atoms with van der Waals surface area (Å²) in [5.41, 5.74) is 2.25. The zero-order valence-corrected chi connectivity index (χ0v) is 14.8. The quantitative estimate of drug-likeness (QED) is 0.301. The summed E-state index contributed by atoms with van der Waals surface area (Å²) < 4.78 is 5.02. The summed E-state index contributed by atoms with van der Waals surface area (Å²) in [6.07, 6.45) is 0. The number of nitrogens with one attached hydrogen (secondary N) is 3. The molecule has 1 aromatic carbocycles. The van der Waals surface area contributed by atoms with Crippen molar-refractivity contribution in [2.45, 2.75) is 13.5 Å². The van der Waals surface area contributed by atoms with Gasteiger partial charge in [-0.2, -0.15) is 0 Å². The molecule has 2 aromatic rings. The predicted octanol–water partition coefficient (Wildman–Crippen LogP) is 2.49. The standard InChI is InChI=1S/C15H22N4O.HI/c1-3-16-15(17-8-9-20-2)18-11-13-10-12-6-4-5-7-14(12)19-13;/h4-7,10,19H,3,8-9,11H2,1-2H3,(H2,16,17,18);1H. The summed E-state index contributed by atoms with van der Waals surface area (Å²) >= 11 is 0. The molecule has 0 aliphatic carbocycles. The molecule has 0 saturated carbocycles. The Balaban J connectivity index is 0.00000220. The number of hydrogen-bond donors (Lipinski definition) is 3. The molecule has 0 fully saturated rings. The van der Waals surface area contributed by atoms with Gasteiger partial charge in [-0.25, -0.2) is 4.99 Å². The third kappa shape index (κ3) is 5.55. The fourth-order valence-corrected chi connectivity index (χ4v) is 2.00. The third-order valence-corrected chi connectivity index (χ3v) is 2.94. The number of rotatable bonds is 6. The largest absolute Gasteiger partial charge is 0.383 e. The fraction of sp³-hybridized carbons (Fsp3) is 0.400. The Morgan fingerprint density at radius 2 is 2.10 bits per heavy atom. The number of methoxy groups -OCH3 is 1. The van der Waals surface area contributed by atoms with Crippen molar-refractivity contribution in [3.8, 4) is 0 Å². The first-order valence-corrected chi connectivity index (χ1v) is 6.91. The normalized spacial score (nSPS) is 11.2. The lowest BCUT2D eigenvalue weighted by Crippen LogP contribution is -2.38. The van der Waals surface area contributed by atoms with Crippen molar-refractivity contribution < 1.29 is 4.74 Å². The van der Waals surface area contributed by atoms with Crippen LogP contribution in [0.1, 0.15) is 12.6 Å². The number of hydrogen-bond acceptors (Lipinski definition) is 2. The highest BCUT2D eigenvalue weighted by molar-refractivity contribution is 14.0. The highest BCUT2D eigenvalue weighted by Gasteiger charge is 2.00. The molecule has 1 heterocycles. The number of nitrogens with zero attached hydrogens (tertiary/aromatic N) is 1. The molecule has 3 N–H and O–H groups in total. The zero-order valence-electron chi connectivity index (χ0n) is 12.5. The van der Waals surface area contributed by atoms with E-state index in [-0.39, 0.29) is 24.0 Å². The van der Waals surface area contributed by atoms with E-state index in [1.807, 2.05) is 12.1 Å². The highest BCUT2D eigenvalue weighted by Crippen LogP contribution is 2.14. The molecule has 0 saturated heterocycles. The van der Waals surface area contributed by atoms with Crippen molar-refractivity contribution in [1.82, 2.24) is 15.6 Å². The van der Waals surface area contributed by atoms with Crippen LogP contribution in [-0.4, -0.2) is 37.7 Å². The fourth-order valence-electron chi connectivity index (χ4n) is 2.00. The molecule has 5 nitrogen and oxygen atoms in total. The second-order valence-electron chi connectivity index (χ2n) is 4.50. The number of H-pyrrole nitrogens is 1. The SMILES string of the molecule is CCNC(=NCc1cc2ccccc2[nH]1)NCCOC.I. The maximum Gasteiger partial charge on any atom is 0.191 e. The van der Waals surface area contributed by atoms with Gasteiger partial charge in [0.25, 0.3) is 0 Å². The Kier molecular flexibility index (Phi) is 8.14. The van der Waals surface area contributed by atoms with Crippen LogP contribution in [0.15, 0.2) is 35.3 Å². The lowest BCUT2D eigenvalue weighted by Gasteiger charge is -2.10. The van der Waals surface area contributed by atoms with Crippen molar-refractivity contribution in [3.05, 3.63) is 36.0 Å². The number of halogens is 1. The highest BCUT2D eigenvalue weighted by atomic mass is 127. The molecule has 0 aliphatic rings. The predicted molar refractivity (Wildman–Crippen MR) is 98.4 cm³/mol. The zero-order chi connectivity index (χ0) is 14.2. The number of aromatic nitrogens is 1. The molecule has 21 heavy (non-hydrogen) atoms. The van der Waals surface area contributed by atoms with E-state index in [2.05, 4.69) is 45.7 Å². The molecule has 0 radical (unpaired) electrons. The number of ether oxygens (including phenoxy) is 1. The average Bonchev–Trinajstić information content (AvgIpc) is 2.87. The second kappa shape index (κ2) is 9.62. The van der Waals surface area contributed by atoms with Crippen molar-refractivity contribution in [1.29, 1.82) is 0 Å². The van der Waals surface area contributed by atoms with E-state index in [9.17, 15) is 0 Å². The first-order valence-electron chi connectivity index (χ1n) is 6.91. The Morgan fingerprint density at radius 3 is 2.81 bits per heavy atom. The molecule has 0 spiro atoms. The number of fused-ring (bicyclic) bond motifs is 1. The minimum absolute atomic E-state index is 0. The maximum absolute atomic E-state index is 5.02. The Hall–Kier alpha value is -1.28. The van der Waals surface area contributed by atoms with Crippen molar-refractivity contribution in [3.63, 3.8) is 0 Å². The number of aliphatic imine (C=N–C) groups is 1. The van der Waals surface area contributed by atoms with Crippen LogP contribution in [0.2, 0.25) is 0 Å². The summed E-state index contributed by atoms with van der Waals surface area (Å²) in [5, 5.41) is 7.66. The van der Waals surface area contributed by atoms with Gasteiger partial charge in [-0.3, -0.25) is 0 Å². The molecule has 0 bridgehead atoms. The first-order chi connectivity index (χ1) is 9.83. The summed E-state index contributed by atoms with van der Waals surface area (Å²) in [6, 6.07) is 10.4. The van der Waals surface area contributed by atoms with Gasteiger partial charge in [0.1, 0.15) is 0 Å². The Morgan fingerprint density at radius 1 is 1.29 bits per heavy atom. The van der Waals surface area contributed by atoms with Gasteiger partial charge >= 0.3 is 0 Å². The number of guanidine groups is 1. The van der Waals surface area contributed by atoms with Crippen molar-refractivity contribution >= 4 is 40.8 Å². The minimum atomic E-state index is 0. The molecule has 1 aromatic heterocycles. The molecule has 0 unspecified atom stereocenters. The van der Waals surface area contributed by atoms with Crippen LogP contribution in [0.5, 0.6) is 0 Å². The van der Waals surface area contributed by atoms with Gasteiger partial charge < -0.3 is 20.4 Å². The molecule has 0 aliphatic heterocycles. The second-order valence-corrected chi connectivity index (χ2v) is 4.50. The summed E-state index contributed by atoms with van der Waals surface area (Å²) in [5.74, 6) is 0.809. The van der Waals surface area contributed by atoms with Gasteiger partial charge in [0.05, 0.1) is 13.2 Å². The molecule has 6 heteroatoms. The van der Waals surface area contributed by atoms with E-state index in [0.717, 1.165) is 30.3 Å². The van der Waals surface area contributed by atoms with Gasteiger partial charge in [-0.1, -0.05) is 18.2 Å². The number of aromatic amines is 1. The molecule has 116 valence electrons. The smallest absolute Gasteiger partial charge is 0.191 e. The molecule has 0 atom stereocenters. The number of benzene rings is 1. The van der Waals surface area contributed by atoms with Crippen LogP contribution in [-0.2, 0) is 11.3 Å². The van der Waals surface area contributed by atoms with Crippen LogP contribution in [0.25, 0.3) is 10.9 Å². The van der Waals surface area contributed by atoms with Gasteiger partial charge in [0, 0.05) is 31.4 Å². The van der Waals surface area contributed by atoms with Crippen molar-refractivity contribution in [2.75, 3.05) is 26.8 Å². The van der Waals surface area contributed by atoms with Crippen LogP contribution in [0, 0.1) is 0 Å². The van der Waals surface area contributed by atoms with E-state index in [4.69, 9.17) is 4.74 Å². The molecular weight excluding hydrogens is 379 g/mol. The van der Waals surface area contributed by atoms with Crippen LogP contribution in [0.4, 0.5) is 0 Å². The topological polar surface area (TPSA) is 61.4 Å². The van der Waals surface area contributed by atoms with Gasteiger partial charge in [-0.05, 0) is 24.4 Å². The van der Waals surface area contributed by atoms with Gasteiger partial charge in [0.2, 0.25) is 0 Å². The lowest BCUT2D eigenvalue weighted by molar-refractivity contribution is 0.203. The van der Waals surface area contributed by atoms with Crippen molar-refractivity contribution in [2.24, 2.45) is 4.99 Å². The molecular formula is C15H23IN4O. The summed E-state index contributed by atoms with van der Waals surface area (Å²) in [6.45, 7) is 4.92. The molecule has 0 amide bonds. The average molecular weight is 402 g/mol. The number of para-hydroxylation sites is 1. The van der Waals surface area contributed by atoms with Crippen LogP contribution < -0.4 is 10.6 Å². The maximum atomic E-state index is 5.02. The monoisotopic (exact) mass is 402 g/mol. The lowest BCUT2D eigenvalue weighted by atomic mass is 10.2. The first kappa shape index (κ1) is 17.8. The van der Waals surface area contributed by atoms with E-state index < -0.39 is 0 Å². The Bertz CT molecular complexity index is 535. The van der Waals surface area contributed by atoms with E-state index in [1.165, 1.54) is 5.39 Å². The van der Waals surface area contributed by atoms with Gasteiger partial charge in [-0.15, -0.1) is 24.0 Å². The van der Waals surface area contributed by atoms with Crippen LogP contribution in [0.3, 0.4) is 0 Å². The third-order valence-electron chi connectivity index (χ3n) is 2.94. The molecule has 2 rings (SSSR count). The summed E-state index contributed by atoms with van der Waals surface area (Å²) in [4.78, 5) is 7.93.